The second-order valence-electron chi connectivity index (χ2n) is 7.77. The van der Waals surface area contributed by atoms with E-state index in [9.17, 15) is 23.1 Å². The summed E-state index contributed by atoms with van der Waals surface area (Å²) in [5.41, 5.74) is 4.01. The van der Waals surface area contributed by atoms with Crippen LogP contribution in [0.15, 0.2) is 46.3 Å². The Morgan fingerprint density at radius 1 is 1.15 bits per heavy atom. The fourth-order valence-electron chi connectivity index (χ4n) is 2.81. The second kappa shape index (κ2) is 9.36. The summed E-state index contributed by atoms with van der Waals surface area (Å²) in [5.74, 6) is 0.164. The number of aliphatic hydroxyl groups is 1. The summed E-state index contributed by atoms with van der Waals surface area (Å²) in [6.45, 7) is 3.28. The van der Waals surface area contributed by atoms with Crippen LogP contribution in [0.1, 0.15) is 25.0 Å². The number of hydrogen-bond donors (Lipinski definition) is 3. The van der Waals surface area contributed by atoms with Crippen LogP contribution >= 0.6 is 11.8 Å². The molecule has 0 unspecified atom stereocenters. The number of nitrogens with two attached hydrogens (primary N) is 1. The van der Waals surface area contributed by atoms with Crippen molar-refractivity contribution in [3.8, 4) is 17.2 Å². The number of nitrogen functional groups attached to an aromatic ring is 1. The van der Waals surface area contributed by atoms with E-state index in [4.69, 9.17) is 15.2 Å². The zero-order valence-electron chi connectivity index (χ0n) is 18.0. The largest absolute Gasteiger partial charge is 0.493 e. The monoisotopic (exact) mass is 481 g/mol. The number of nitrogens with zero attached hydrogens (tertiary/aromatic N) is 1. The Balaban J connectivity index is 1.92. The lowest BCUT2D eigenvalue weighted by atomic mass is 10.1. The maximum absolute atomic E-state index is 13.4. The normalized spacial score (nSPS) is 16.9. The number of ether oxygens (including phenoxy) is 2. The molecule has 0 spiro atoms. The molecule has 1 amide bonds. The van der Waals surface area contributed by atoms with E-state index in [2.05, 4.69) is 10.3 Å². The summed E-state index contributed by atoms with van der Waals surface area (Å²) in [7, 11) is 1.36. The number of hydrogen-bond acceptors (Lipinski definition) is 7. The fourth-order valence-corrected chi connectivity index (χ4v) is 3.56. The smallest absolute Gasteiger partial charge is 0.420 e. The van der Waals surface area contributed by atoms with Crippen molar-refractivity contribution in [2.75, 3.05) is 19.4 Å². The van der Waals surface area contributed by atoms with E-state index in [1.807, 2.05) is 0 Å². The molecule has 4 N–H and O–H groups in total. The van der Waals surface area contributed by atoms with Crippen LogP contribution in [0.4, 0.5) is 23.7 Å². The number of thioether (sulfide) groups is 1. The minimum absolute atomic E-state index is 0.0390. The number of carbonyl (C=O) groups is 1. The van der Waals surface area contributed by atoms with Crippen LogP contribution in [0, 0.1) is 0 Å². The van der Waals surface area contributed by atoms with E-state index in [1.165, 1.54) is 19.2 Å². The summed E-state index contributed by atoms with van der Waals surface area (Å²) >= 11 is 0.935. The molecule has 0 bridgehead atoms. The predicted molar refractivity (Wildman–Crippen MR) is 122 cm³/mol. The van der Waals surface area contributed by atoms with Gasteiger partial charge in [-0.25, -0.2) is 0 Å². The summed E-state index contributed by atoms with van der Waals surface area (Å²) < 4.78 is 50.9. The zero-order valence-corrected chi connectivity index (χ0v) is 18.8. The van der Waals surface area contributed by atoms with Gasteiger partial charge in [0.25, 0.3) is 5.24 Å². The van der Waals surface area contributed by atoms with Crippen LogP contribution in [0.3, 0.4) is 0 Å². The first-order chi connectivity index (χ1) is 15.4. The van der Waals surface area contributed by atoms with Crippen molar-refractivity contribution < 1.29 is 32.5 Å². The molecule has 0 radical (unpaired) electrons. The molecular weight excluding hydrogens is 459 g/mol. The number of anilines is 1. The van der Waals surface area contributed by atoms with Crippen LogP contribution in [-0.2, 0) is 6.18 Å². The van der Waals surface area contributed by atoms with E-state index in [-0.39, 0.29) is 29.0 Å². The number of rotatable bonds is 6. The summed E-state index contributed by atoms with van der Waals surface area (Å²) in [6.07, 6.45) is -2.98. The predicted octanol–water partition coefficient (Wildman–Crippen LogP) is 5.06. The second-order valence-corrected chi connectivity index (χ2v) is 8.78. The summed E-state index contributed by atoms with van der Waals surface area (Å²) in [4.78, 5) is 16.6. The van der Waals surface area contributed by atoms with Gasteiger partial charge in [-0.1, -0.05) is 6.07 Å². The molecule has 0 atom stereocenters. The number of carbonyl (C=O) groups excluding carboxylic acids is 1. The van der Waals surface area contributed by atoms with Crippen LogP contribution < -0.4 is 20.5 Å². The van der Waals surface area contributed by atoms with Gasteiger partial charge in [0.1, 0.15) is 17.1 Å². The molecule has 1 aliphatic rings. The van der Waals surface area contributed by atoms with Crippen molar-refractivity contribution in [1.29, 1.82) is 0 Å². The number of halogens is 3. The summed E-state index contributed by atoms with van der Waals surface area (Å²) in [6, 6.07) is 7.88. The third kappa shape index (κ3) is 6.42. The van der Waals surface area contributed by atoms with Gasteiger partial charge in [0.05, 0.1) is 24.2 Å². The SMILES string of the molecule is COc1cc(/C=C2\SC(=O)NC2=NCC(C)(C)O)ccc1Oc1ccc(N)cc1C(F)(F)F. The molecule has 176 valence electrons. The van der Waals surface area contributed by atoms with Gasteiger partial charge in [-0.15, -0.1) is 0 Å². The molecule has 1 fully saturated rings. The van der Waals surface area contributed by atoms with Crippen LogP contribution in [0.25, 0.3) is 6.08 Å². The first-order valence-corrected chi connectivity index (χ1v) is 10.5. The molecule has 1 saturated heterocycles. The molecule has 1 aliphatic heterocycles. The number of amidine groups is 1. The van der Waals surface area contributed by atoms with Gasteiger partial charge >= 0.3 is 6.18 Å². The van der Waals surface area contributed by atoms with Gasteiger partial charge in [-0.3, -0.25) is 9.79 Å². The highest BCUT2D eigenvalue weighted by molar-refractivity contribution is 8.18. The standard InChI is InChI=1S/C22H22F3N3O4S/c1-21(2,30)11-27-19-18(33-20(29)28-19)9-12-4-6-16(17(8-12)31-3)32-15-7-5-13(26)10-14(15)22(23,24)25/h4-10,30H,11,26H2,1-3H3,(H,27,28,29)/b18-9-. The third-order valence-electron chi connectivity index (χ3n) is 4.29. The number of alkyl halides is 3. The highest BCUT2D eigenvalue weighted by Gasteiger charge is 2.35. The van der Waals surface area contributed by atoms with Crippen LogP contribution in [0.5, 0.6) is 17.2 Å². The van der Waals surface area contributed by atoms with Crippen LogP contribution in [-0.4, -0.2) is 35.4 Å². The van der Waals surface area contributed by atoms with Crippen molar-refractivity contribution in [2.45, 2.75) is 25.6 Å². The molecule has 2 aromatic rings. The van der Waals surface area contributed by atoms with Gasteiger partial charge in [0.15, 0.2) is 11.5 Å². The quantitative estimate of drug-likeness (QED) is 0.499. The molecule has 1 heterocycles. The minimum atomic E-state index is -4.65. The van der Waals surface area contributed by atoms with Crippen molar-refractivity contribution in [2.24, 2.45) is 4.99 Å². The van der Waals surface area contributed by atoms with Crippen LogP contribution in [0.2, 0.25) is 0 Å². The van der Waals surface area contributed by atoms with Gasteiger partial charge in [-0.2, -0.15) is 13.2 Å². The van der Waals surface area contributed by atoms with E-state index in [0.717, 1.165) is 23.9 Å². The van der Waals surface area contributed by atoms with Gasteiger partial charge in [-0.05, 0) is 67.6 Å². The van der Waals surface area contributed by atoms with Crippen molar-refractivity contribution >= 4 is 34.6 Å². The molecule has 33 heavy (non-hydrogen) atoms. The van der Waals surface area contributed by atoms with Gasteiger partial charge < -0.3 is 25.6 Å². The first-order valence-electron chi connectivity index (χ1n) is 9.66. The van der Waals surface area contributed by atoms with Gasteiger partial charge in [0.2, 0.25) is 0 Å². The van der Waals surface area contributed by atoms with E-state index >= 15 is 0 Å². The first kappa shape index (κ1) is 24.5. The Labute approximate surface area is 192 Å². The van der Waals surface area contributed by atoms with E-state index < -0.39 is 23.1 Å². The maximum Gasteiger partial charge on any atom is 0.420 e. The number of amides is 1. The lowest BCUT2D eigenvalue weighted by Gasteiger charge is -2.16. The number of methoxy groups -OCH3 is 1. The molecule has 11 heteroatoms. The van der Waals surface area contributed by atoms with Gasteiger partial charge in [0, 0.05) is 5.69 Å². The Bertz CT molecular complexity index is 1120. The molecule has 7 nitrogen and oxygen atoms in total. The molecular formula is C22H22F3N3O4S. The highest BCUT2D eigenvalue weighted by atomic mass is 32.2. The lowest BCUT2D eigenvalue weighted by Crippen LogP contribution is -2.26. The molecule has 3 rings (SSSR count). The minimum Gasteiger partial charge on any atom is -0.493 e. The molecule has 0 aliphatic carbocycles. The maximum atomic E-state index is 13.4. The number of nitrogens with one attached hydrogen (secondary N) is 1. The van der Waals surface area contributed by atoms with E-state index in [0.29, 0.717) is 16.3 Å². The fraction of sp³-hybridized carbons (Fsp3) is 0.273. The van der Waals surface area contributed by atoms with Crippen molar-refractivity contribution in [1.82, 2.24) is 5.32 Å². The number of aliphatic imine (C=N–C) groups is 1. The van der Waals surface area contributed by atoms with Crippen molar-refractivity contribution in [3.05, 3.63) is 52.4 Å². The Hall–Kier alpha value is -3.18. The average molecular weight is 481 g/mol. The Kier molecular flexibility index (Phi) is 6.94. The zero-order chi connectivity index (χ0) is 24.4. The van der Waals surface area contributed by atoms with E-state index in [1.54, 1.807) is 32.1 Å². The Morgan fingerprint density at radius 2 is 1.85 bits per heavy atom. The molecule has 0 aromatic heterocycles. The topological polar surface area (TPSA) is 106 Å². The van der Waals surface area contributed by atoms with Crippen molar-refractivity contribution in [3.63, 3.8) is 0 Å². The Morgan fingerprint density at radius 3 is 2.48 bits per heavy atom. The highest BCUT2D eigenvalue weighted by Crippen LogP contribution is 2.41. The molecule has 2 aromatic carbocycles. The summed E-state index contributed by atoms with van der Waals surface area (Å²) in [5, 5.41) is 12.2. The molecule has 0 saturated carbocycles. The third-order valence-corrected chi connectivity index (χ3v) is 5.11. The average Bonchev–Trinajstić information content (AvgIpc) is 3.06. The lowest BCUT2D eigenvalue weighted by molar-refractivity contribution is -0.138. The number of benzene rings is 2.